The number of halogens is 1. The summed E-state index contributed by atoms with van der Waals surface area (Å²) < 4.78 is 0. The maximum atomic E-state index is 12.2. The second kappa shape index (κ2) is 8.98. The molecule has 142 valence electrons. The van der Waals surface area contributed by atoms with Gasteiger partial charge < -0.3 is 14.9 Å². The summed E-state index contributed by atoms with van der Waals surface area (Å²) in [6, 6.07) is 1.73. The minimum Gasteiger partial charge on any atom is -0.478 e. The van der Waals surface area contributed by atoms with Crippen molar-refractivity contribution in [1.29, 1.82) is 0 Å². The number of aromatic nitrogens is 1. The Morgan fingerprint density at radius 2 is 2.04 bits per heavy atom. The number of nitrogens with one attached hydrogen (secondary N) is 1. The van der Waals surface area contributed by atoms with Crippen LogP contribution in [-0.2, 0) is 11.3 Å². The zero-order chi connectivity index (χ0) is 17.8. The zero-order valence-electron chi connectivity index (χ0n) is 14.7. The predicted molar refractivity (Wildman–Crippen MR) is 102 cm³/mol. The molecule has 2 amide bonds. The normalized spacial score (nSPS) is 18.3. The molecule has 3 heterocycles. The van der Waals surface area contributed by atoms with Gasteiger partial charge in [-0.25, -0.2) is 14.6 Å². The number of carboxylic acids is 1. The van der Waals surface area contributed by atoms with E-state index in [9.17, 15) is 9.59 Å². The largest absolute Gasteiger partial charge is 0.478 e. The number of carbonyl (C=O) groups excluding carboxylic acids is 1. The number of anilines is 1. The van der Waals surface area contributed by atoms with Gasteiger partial charge >= 0.3 is 12.0 Å². The van der Waals surface area contributed by atoms with Gasteiger partial charge in [-0.1, -0.05) is 0 Å². The highest BCUT2D eigenvalue weighted by Crippen LogP contribution is 2.22. The van der Waals surface area contributed by atoms with Crippen molar-refractivity contribution >= 4 is 36.3 Å². The third-order valence-electron chi connectivity index (χ3n) is 4.56. The molecule has 2 aliphatic rings. The summed E-state index contributed by atoms with van der Waals surface area (Å²) in [5.41, 5.74) is 1.60. The van der Waals surface area contributed by atoms with Gasteiger partial charge in [0.05, 0.1) is 6.54 Å². The van der Waals surface area contributed by atoms with Crippen LogP contribution >= 0.6 is 12.4 Å². The van der Waals surface area contributed by atoms with E-state index in [0.29, 0.717) is 24.5 Å². The quantitative estimate of drug-likeness (QED) is 0.745. The van der Waals surface area contributed by atoms with Crippen LogP contribution in [0.1, 0.15) is 11.1 Å². The number of pyridine rings is 1. The van der Waals surface area contributed by atoms with E-state index in [4.69, 9.17) is 5.11 Å². The van der Waals surface area contributed by atoms with Crippen LogP contribution in [0.15, 0.2) is 18.3 Å². The van der Waals surface area contributed by atoms with Crippen molar-refractivity contribution in [3.63, 3.8) is 0 Å². The van der Waals surface area contributed by atoms with Crippen LogP contribution in [0.5, 0.6) is 0 Å². The number of carboxylic acid groups (broad SMARTS) is 1. The number of carbonyl (C=O) groups is 2. The van der Waals surface area contributed by atoms with E-state index in [2.05, 4.69) is 27.1 Å². The van der Waals surface area contributed by atoms with E-state index in [0.717, 1.165) is 44.4 Å². The highest BCUT2D eigenvalue weighted by molar-refractivity contribution is 5.91. The monoisotopic (exact) mass is 381 g/mol. The number of fused-ring (bicyclic) bond motifs is 1. The molecule has 3 rings (SSSR count). The fraction of sp³-hybridized carbons (Fsp3) is 0.471. The molecule has 1 aromatic rings. The van der Waals surface area contributed by atoms with Gasteiger partial charge in [0.25, 0.3) is 0 Å². The number of amides is 2. The van der Waals surface area contributed by atoms with Gasteiger partial charge in [0.2, 0.25) is 0 Å². The molecular formula is C17H24ClN5O3. The van der Waals surface area contributed by atoms with E-state index in [1.165, 1.54) is 6.08 Å². The highest BCUT2D eigenvalue weighted by atomic mass is 35.5. The summed E-state index contributed by atoms with van der Waals surface area (Å²) in [4.78, 5) is 33.5. The van der Waals surface area contributed by atoms with Gasteiger partial charge in [-0.3, -0.25) is 10.2 Å². The standard InChI is InChI=1S/C17H23N5O3.ClH/c1-20-4-6-21(7-5-20)8-9-22-12-14-10-13(2-3-15(23)24)11-18-16(14)19-17(22)25;/h2-3,10-11H,4-9,12H2,1H3,(H,23,24)(H,18,19,25);1H/b3-2+;. The van der Waals surface area contributed by atoms with Crippen LogP contribution in [0, 0.1) is 0 Å². The van der Waals surface area contributed by atoms with Gasteiger partial charge in [0, 0.05) is 57.1 Å². The molecule has 0 aromatic carbocycles. The lowest BCUT2D eigenvalue weighted by Gasteiger charge is -2.35. The molecule has 26 heavy (non-hydrogen) atoms. The molecule has 2 N–H and O–H groups in total. The van der Waals surface area contributed by atoms with Crippen molar-refractivity contribution in [2.75, 3.05) is 51.6 Å². The summed E-state index contributed by atoms with van der Waals surface area (Å²) >= 11 is 0. The van der Waals surface area contributed by atoms with Gasteiger partial charge in [-0.15, -0.1) is 12.4 Å². The lowest BCUT2D eigenvalue weighted by atomic mass is 10.1. The first kappa shape index (κ1) is 20.2. The third kappa shape index (κ3) is 5.17. The molecule has 1 fully saturated rings. The van der Waals surface area contributed by atoms with Crippen molar-refractivity contribution in [2.45, 2.75) is 6.54 Å². The van der Waals surface area contributed by atoms with Crippen LogP contribution < -0.4 is 5.32 Å². The number of piperazine rings is 1. The number of rotatable bonds is 5. The van der Waals surface area contributed by atoms with E-state index in [1.807, 2.05) is 6.07 Å². The Labute approximate surface area is 158 Å². The van der Waals surface area contributed by atoms with Crippen LogP contribution in [0.3, 0.4) is 0 Å². The topological polar surface area (TPSA) is 89.0 Å². The Kier molecular flexibility index (Phi) is 6.96. The van der Waals surface area contributed by atoms with Crippen molar-refractivity contribution < 1.29 is 14.7 Å². The molecule has 0 radical (unpaired) electrons. The third-order valence-corrected chi connectivity index (χ3v) is 4.56. The maximum Gasteiger partial charge on any atom is 0.328 e. The average molecular weight is 382 g/mol. The summed E-state index contributed by atoms with van der Waals surface area (Å²) in [6.07, 6.45) is 4.13. The Morgan fingerprint density at radius 3 is 2.73 bits per heavy atom. The van der Waals surface area contributed by atoms with Crippen LogP contribution in [0.25, 0.3) is 6.08 Å². The van der Waals surface area contributed by atoms with Gasteiger partial charge in [-0.05, 0) is 24.8 Å². The molecule has 0 unspecified atom stereocenters. The average Bonchev–Trinajstić information content (AvgIpc) is 2.59. The molecule has 0 aliphatic carbocycles. The van der Waals surface area contributed by atoms with Crippen molar-refractivity contribution in [2.24, 2.45) is 0 Å². The number of hydrogen-bond donors (Lipinski definition) is 2. The van der Waals surface area contributed by atoms with E-state index < -0.39 is 5.97 Å². The lowest BCUT2D eigenvalue weighted by Crippen LogP contribution is -2.48. The van der Waals surface area contributed by atoms with Crippen molar-refractivity contribution in [1.82, 2.24) is 19.7 Å². The first-order valence-corrected chi connectivity index (χ1v) is 8.38. The number of hydrogen-bond acceptors (Lipinski definition) is 5. The van der Waals surface area contributed by atoms with E-state index in [1.54, 1.807) is 11.1 Å². The molecule has 2 aliphatic heterocycles. The molecule has 9 heteroatoms. The van der Waals surface area contributed by atoms with Crippen LogP contribution in [-0.4, -0.2) is 83.1 Å². The first-order valence-electron chi connectivity index (χ1n) is 8.38. The fourth-order valence-electron chi connectivity index (χ4n) is 2.99. The van der Waals surface area contributed by atoms with Gasteiger partial charge in [0.15, 0.2) is 0 Å². The minimum absolute atomic E-state index is 0. The van der Waals surface area contributed by atoms with Crippen molar-refractivity contribution in [3.05, 3.63) is 29.5 Å². The summed E-state index contributed by atoms with van der Waals surface area (Å²) in [6.45, 7) is 6.14. The highest BCUT2D eigenvalue weighted by Gasteiger charge is 2.24. The smallest absolute Gasteiger partial charge is 0.328 e. The number of likely N-dealkylation sites (N-methyl/N-ethyl adjacent to an activating group) is 1. The molecular weight excluding hydrogens is 358 g/mol. The summed E-state index contributed by atoms with van der Waals surface area (Å²) in [7, 11) is 2.12. The molecule has 8 nitrogen and oxygen atoms in total. The zero-order valence-corrected chi connectivity index (χ0v) is 15.5. The first-order chi connectivity index (χ1) is 12.0. The van der Waals surface area contributed by atoms with E-state index in [-0.39, 0.29) is 18.4 Å². The Hall–Kier alpha value is -2.16. The SMILES string of the molecule is CN1CCN(CCN2Cc3cc(/C=C/C(=O)O)cnc3NC2=O)CC1.Cl. The summed E-state index contributed by atoms with van der Waals surface area (Å²) in [5.74, 6) is -0.451. The van der Waals surface area contributed by atoms with Gasteiger partial charge in [0.1, 0.15) is 5.82 Å². The van der Waals surface area contributed by atoms with Crippen LogP contribution in [0.4, 0.5) is 10.6 Å². The number of urea groups is 1. The lowest BCUT2D eigenvalue weighted by molar-refractivity contribution is -0.131. The molecule has 1 saturated heterocycles. The Balaban J connectivity index is 0.00000243. The Morgan fingerprint density at radius 1 is 1.31 bits per heavy atom. The fourth-order valence-corrected chi connectivity index (χ4v) is 2.99. The summed E-state index contributed by atoms with van der Waals surface area (Å²) in [5, 5.41) is 11.5. The molecule has 0 atom stereocenters. The predicted octanol–water partition coefficient (Wildman–Crippen LogP) is 1.20. The molecule has 0 bridgehead atoms. The second-order valence-corrected chi connectivity index (χ2v) is 6.44. The minimum atomic E-state index is -1.00. The van der Waals surface area contributed by atoms with Crippen molar-refractivity contribution in [3.8, 4) is 0 Å². The molecule has 0 spiro atoms. The molecule has 0 saturated carbocycles. The van der Waals surface area contributed by atoms with Crippen LogP contribution in [0.2, 0.25) is 0 Å². The maximum absolute atomic E-state index is 12.2. The number of nitrogens with zero attached hydrogens (tertiary/aromatic N) is 4. The number of aliphatic carboxylic acids is 1. The van der Waals surface area contributed by atoms with Gasteiger partial charge in [-0.2, -0.15) is 0 Å². The Bertz CT molecular complexity index is 689. The molecule has 1 aromatic heterocycles. The second-order valence-electron chi connectivity index (χ2n) is 6.44. The van der Waals surface area contributed by atoms with E-state index >= 15 is 0 Å².